The Hall–Kier alpha value is -0.280. The lowest BCUT2D eigenvalue weighted by Gasteiger charge is -2.22. The van der Waals surface area contributed by atoms with Gasteiger partial charge in [0.05, 0.1) is 24.8 Å². The molecule has 162 valence electrons. The highest BCUT2D eigenvalue weighted by molar-refractivity contribution is 8.07. The number of ether oxygens (including phenoxy) is 4. The van der Waals surface area contributed by atoms with Crippen molar-refractivity contribution in [3.8, 4) is 5.75 Å². The van der Waals surface area contributed by atoms with Crippen LogP contribution < -0.4 is 4.74 Å². The van der Waals surface area contributed by atoms with Crippen LogP contribution in [0.15, 0.2) is 18.2 Å². The fraction of sp³-hybridized carbons (Fsp3) is 0.667. The van der Waals surface area contributed by atoms with Crippen LogP contribution in [0.1, 0.15) is 25.7 Å². The molecular weight excluding hydrogens is 427 g/mol. The fourth-order valence-electron chi connectivity index (χ4n) is 2.18. The molecule has 0 aromatic heterocycles. The van der Waals surface area contributed by atoms with Crippen molar-refractivity contribution in [3.63, 3.8) is 0 Å². The van der Waals surface area contributed by atoms with Gasteiger partial charge < -0.3 is 32.5 Å². The highest BCUT2D eigenvalue weighted by Crippen LogP contribution is 2.49. The maximum absolute atomic E-state index is 6.26. The Kier molecular flexibility index (Phi) is 12.7. The largest absolute Gasteiger partial charge is 0.491 e. The first-order chi connectivity index (χ1) is 13.4. The number of methoxy groups -OCH3 is 2. The van der Waals surface area contributed by atoms with Gasteiger partial charge >= 0.3 is 6.72 Å². The van der Waals surface area contributed by atoms with Crippen molar-refractivity contribution in [2.75, 3.05) is 54.4 Å². The van der Waals surface area contributed by atoms with Crippen LogP contribution in [0.25, 0.3) is 0 Å². The third-order valence-corrected chi connectivity index (χ3v) is 6.42. The van der Waals surface area contributed by atoms with Gasteiger partial charge in [-0.25, -0.2) is 0 Å². The molecule has 0 amide bonds. The number of halogens is 1. The Bertz CT molecular complexity index is 616. The first-order valence-electron chi connectivity index (χ1n) is 8.89. The van der Waals surface area contributed by atoms with Gasteiger partial charge in [0.1, 0.15) is 12.4 Å². The Morgan fingerprint density at radius 2 is 1.79 bits per heavy atom. The summed E-state index contributed by atoms with van der Waals surface area (Å²) in [5, 5.41) is 0.487. The summed E-state index contributed by atoms with van der Waals surface area (Å²) in [6.45, 7) is 3.32. The van der Waals surface area contributed by atoms with E-state index in [0.29, 0.717) is 30.6 Å². The van der Waals surface area contributed by atoms with Crippen LogP contribution in [0.3, 0.4) is 0 Å². The molecule has 1 aromatic rings. The van der Waals surface area contributed by atoms with Gasteiger partial charge in [0.2, 0.25) is 0 Å². The van der Waals surface area contributed by atoms with E-state index in [4.69, 9.17) is 55.9 Å². The molecule has 2 atom stereocenters. The number of hydrogen-bond acceptors (Lipinski definition) is 8. The quantitative estimate of drug-likeness (QED) is 0.216. The molecule has 7 nitrogen and oxygen atoms in total. The minimum Gasteiger partial charge on any atom is -0.491 e. The van der Waals surface area contributed by atoms with Crippen molar-refractivity contribution in [1.29, 1.82) is 0 Å². The van der Waals surface area contributed by atoms with E-state index >= 15 is 0 Å². The van der Waals surface area contributed by atoms with Gasteiger partial charge in [-0.05, 0) is 36.9 Å². The van der Waals surface area contributed by atoms with E-state index in [2.05, 4.69) is 0 Å². The van der Waals surface area contributed by atoms with Crippen LogP contribution in [0.2, 0.25) is 5.02 Å². The Labute approximate surface area is 177 Å². The molecule has 0 aliphatic carbocycles. The highest BCUT2D eigenvalue weighted by atomic mass is 35.5. The normalized spacial score (nSPS) is 14.8. The van der Waals surface area contributed by atoms with E-state index in [1.54, 1.807) is 32.4 Å². The van der Waals surface area contributed by atoms with Gasteiger partial charge in [-0.1, -0.05) is 18.5 Å². The Balaban J connectivity index is 2.45. The molecule has 0 saturated heterocycles. The molecule has 0 aliphatic rings. The molecule has 0 N–H and O–H groups in total. The van der Waals surface area contributed by atoms with Crippen LogP contribution in [0.5, 0.6) is 5.75 Å². The van der Waals surface area contributed by atoms with Crippen LogP contribution in [-0.4, -0.2) is 54.4 Å². The molecule has 10 heteroatoms. The summed E-state index contributed by atoms with van der Waals surface area (Å²) in [6.07, 6.45) is -0.528. The first-order valence-corrected chi connectivity index (χ1v) is 11.8. The zero-order chi connectivity index (χ0) is 21.0. The van der Waals surface area contributed by atoms with Crippen molar-refractivity contribution >= 4 is 30.1 Å². The molecule has 0 bridgehead atoms. The zero-order valence-corrected chi connectivity index (χ0v) is 19.5. The van der Waals surface area contributed by atoms with Crippen molar-refractivity contribution < 1.29 is 32.5 Å². The molecule has 28 heavy (non-hydrogen) atoms. The second-order valence-corrected chi connectivity index (χ2v) is 9.38. The van der Waals surface area contributed by atoms with Gasteiger partial charge in [-0.2, -0.15) is 0 Å². The lowest BCUT2D eigenvalue weighted by Crippen LogP contribution is -2.14. The summed E-state index contributed by atoms with van der Waals surface area (Å²) in [6, 6.07) is 5.27. The maximum Gasteiger partial charge on any atom is 0.327 e. The number of benzene rings is 1. The van der Waals surface area contributed by atoms with Crippen LogP contribution in [0.4, 0.5) is 0 Å². The molecule has 0 radical (unpaired) electrons. The third-order valence-electron chi connectivity index (χ3n) is 3.60. The summed E-state index contributed by atoms with van der Waals surface area (Å²) >= 11 is 11.6. The van der Waals surface area contributed by atoms with Gasteiger partial charge in [-0.15, -0.1) is 0 Å². The van der Waals surface area contributed by atoms with E-state index in [9.17, 15) is 0 Å². The minimum atomic E-state index is -2.81. The maximum atomic E-state index is 6.26. The predicted molar refractivity (Wildman–Crippen MR) is 113 cm³/mol. The Morgan fingerprint density at radius 1 is 1.07 bits per heavy atom. The van der Waals surface area contributed by atoms with E-state index in [-0.39, 0.29) is 19.1 Å². The zero-order valence-electron chi connectivity index (χ0n) is 17.0. The SMILES string of the molecule is CCOCC(C)COP(=S)(OC)OCCOc1ccc(C(OC)OC)c(Cl)c1. The van der Waals surface area contributed by atoms with Gasteiger partial charge in [-0.3, -0.25) is 0 Å². The lowest BCUT2D eigenvalue weighted by molar-refractivity contribution is -0.105. The average molecular weight is 457 g/mol. The van der Waals surface area contributed by atoms with Crippen LogP contribution in [0, 0.1) is 5.92 Å². The molecule has 0 saturated carbocycles. The van der Waals surface area contributed by atoms with Crippen LogP contribution >= 0.6 is 18.3 Å². The molecule has 0 heterocycles. The monoisotopic (exact) mass is 456 g/mol. The minimum absolute atomic E-state index is 0.195. The van der Waals surface area contributed by atoms with Gasteiger partial charge in [0.15, 0.2) is 6.29 Å². The molecule has 2 unspecified atom stereocenters. The van der Waals surface area contributed by atoms with E-state index < -0.39 is 13.0 Å². The molecule has 1 aromatic carbocycles. The summed E-state index contributed by atoms with van der Waals surface area (Å²) in [7, 11) is 4.58. The summed E-state index contributed by atoms with van der Waals surface area (Å²) in [5.74, 6) is 0.793. The lowest BCUT2D eigenvalue weighted by atomic mass is 10.2. The highest BCUT2D eigenvalue weighted by Gasteiger charge is 2.20. The van der Waals surface area contributed by atoms with Crippen molar-refractivity contribution in [2.45, 2.75) is 20.1 Å². The topological polar surface area (TPSA) is 64.6 Å². The standard InChI is InChI=1S/C18H30ClO7PS/c1-6-23-12-14(2)13-26-27(28,22-5)25-10-9-24-15-7-8-16(17(19)11-15)18(20-3)21-4/h7-8,11,14,18H,6,9-10,12-13H2,1-5H3. The smallest absolute Gasteiger partial charge is 0.327 e. The van der Waals surface area contributed by atoms with Crippen molar-refractivity contribution in [3.05, 3.63) is 28.8 Å². The van der Waals surface area contributed by atoms with Crippen LogP contribution in [-0.2, 0) is 39.6 Å². The fourth-order valence-corrected chi connectivity index (χ4v) is 3.86. The van der Waals surface area contributed by atoms with E-state index in [1.807, 2.05) is 13.8 Å². The summed E-state index contributed by atoms with van der Waals surface area (Å²) < 4.78 is 38.0. The van der Waals surface area contributed by atoms with Crippen molar-refractivity contribution in [1.82, 2.24) is 0 Å². The summed E-state index contributed by atoms with van der Waals surface area (Å²) in [5.41, 5.74) is 0.722. The van der Waals surface area contributed by atoms with Crippen molar-refractivity contribution in [2.24, 2.45) is 5.92 Å². The molecular formula is C18H30ClO7PS. The van der Waals surface area contributed by atoms with E-state index in [1.165, 1.54) is 7.11 Å². The second-order valence-electron chi connectivity index (χ2n) is 5.86. The van der Waals surface area contributed by atoms with Gasteiger partial charge in [0, 0.05) is 39.4 Å². The molecule has 0 spiro atoms. The number of rotatable bonds is 15. The predicted octanol–water partition coefficient (Wildman–Crippen LogP) is 4.59. The second kappa shape index (κ2) is 13.9. The molecule has 0 aliphatic heterocycles. The molecule has 1 rings (SSSR count). The average Bonchev–Trinajstić information content (AvgIpc) is 2.70. The first kappa shape index (κ1) is 25.8. The Morgan fingerprint density at radius 3 is 2.36 bits per heavy atom. The third kappa shape index (κ3) is 9.03. The summed E-state index contributed by atoms with van der Waals surface area (Å²) in [4.78, 5) is 0. The molecule has 0 fully saturated rings. The van der Waals surface area contributed by atoms with E-state index in [0.717, 1.165) is 5.56 Å². The van der Waals surface area contributed by atoms with Gasteiger partial charge in [0.25, 0.3) is 0 Å². The number of hydrogen-bond donors (Lipinski definition) is 0.